The first-order valence-corrected chi connectivity index (χ1v) is 9.86. The van der Waals surface area contributed by atoms with Crippen molar-refractivity contribution in [3.8, 4) is 0 Å². The summed E-state index contributed by atoms with van der Waals surface area (Å²) in [5.41, 5.74) is 0.398. The highest BCUT2D eigenvalue weighted by atomic mass is 32.2. The summed E-state index contributed by atoms with van der Waals surface area (Å²) >= 11 is 1.95. The Labute approximate surface area is 136 Å². The van der Waals surface area contributed by atoms with Gasteiger partial charge in [0.05, 0.1) is 0 Å². The van der Waals surface area contributed by atoms with Crippen molar-refractivity contribution >= 4 is 11.8 Å². The van der Waals surface area contributed by atoms with Crippen LogP contribution in [0, 0.1) is 11.3 Å². The van der Waals surface area contributed by atoms with Crippen molar-refractivity contribution in [1.82, 2.24) is 10.2 Å². The maximum atomic E-state index is 5.61. The fourth-order valence-electron chi connectivity index (χ4n) is 3.01. The van der Waals surface area contributed by atoms with E-state index in [-0.39, 0.29) is 0 Å². The minimum absolute atomic E-state index is 0.398. The lowest BCUT2D eigenvalue weighted by Gasteiger charge is -2.42. The zero-order valence-corrected chi connectivity index (χ0v) is 15.6. The summed E-state index contributed by atoms with van der Waals surface area (Å²) in [5.74, 6) is 1.98. The van der Waals surface area contributed by atoms with Gasteiger partial charge in [-0.15, -0.1) is 0 Å². The third-order valence-electron chi connectivity index (χ3n) is 4.68. The fourth-order valence-corrected chi connectivity index (χ4v) is 3.59. The second kappa shape index (κ2) is 10.1. The number of nitrogens with zero attached hydrogens (tertiary/aromatic N) is 1. The van der Waals surface area contributed by atoms with E-state index in [1.54, 1.807) is 0 Å². The molecule has 1 heterocycles. The van der Waals surface area contributed by atoms with Crippen LogP contribution >= 0.6 is 11.8 Å². The van der Waals surface area contributed by atoms with E-state index < -0.39 is 0 Å². The quantitative estimate of drug-likeness (QED) is 0.669. The lowest BCUT2D eigenvalue weighted by atomic mass is 9.79. The van der Waals surface area contributed by atoms with Crippen molar-refractivity contribution in [2.24, 2.45) is 11.3 Å². The van der Waals surface area contributed by atoms with Crippen LogP contribution in [0.4, 0.5) is 0 Å². The van der Waals surface area contributed by atoms with Crippen LogP contribution in [-0.2, 0) is 4.74 Å². The molecule has 3 nitrogen and oxygen atoms in total. The predicted molar refractivity (Wildman–Crippen MR) is 95.3 cm³/mol. The molecule has 126 valence electrons. The molecule has 21 heavy (non-hydrogen) atoms. The minimum Gasteiger partial charge on any atom is -0.381 e. The highest BCUT2D eigenvalue weighted by Crippen LogP contribution is 2.31. The normalized spacial score (nSPS) is 20.1. The molecule has 1 unspecified atom stereocenters. The van der Waals surface area contributed by atoms with Crippen molar-refractivity contribution in [3.63, 3.8) is 0 Å². The Balaban J connectivity index is 2.51. The molecule has 1 saturated heterocycles. The summed E-state index contributed by atoms with van der Waals surface area (Å²) in [6.07, 6.45) is 5.86. The molecule has 1 N–H and O–H groups in total. The molecule has 1 aliphatic heterocycles. The van der Waals surface area contributed by atoms with Gasteiger partial charge in [-0.25, -0.2) is 0 Å². The van der Waals surface area contributed by atoms with E-state index in [1.165, 1.54) is 31.6 Å². The third kappa shape index (κ3) is 7.36. The van der Waals surface area contributed by atoms with Gasteiger partial charge in [0.2, 0.25) is 0 Å². The van der Waals surface area contributed by atoms with Gasteiger partial charge in [-0.3, -0.25) is 0 Å². The number of nitrogens with one attached hydrogen (secondary N) is 1. The van der Waals surface area contributed by atoms with Gasteiger partial charge in [0.1, 0.15) is 0 Å². The van der Waals surface area contributed by atoms with Crippen molar-refractivity contribution < 1.29 is 4.74 Å². The molecule has 0 spiro atoms. The molecule has 0 aliphatic carbocycles. The summed E-state index contributed by atoms with van der Waals surface area (Å²) in [4.78, 5) is 2.57. The molecule has 0 aromatic carbocycles. The zero-order chi connectivity index (χ0) is 15.7. The SMILES string of the molecule is CSCCC(C)N(C)CC1(CNCC(C)C)CCOCC1. The maximum absolute atomic E-state index is 5.61. The maximum Gasteiger partial charge on any atom is 0.0472 e. The minimum atomic E-state index is 0.398. The van der Waals surface area contributed by atoms with Gasteiger partial charge in [-0.2, -0.15) is 11.8 Å². The molecule has 4 heteroatoms. The Bertz CT molecular complexity index is 268. The Hall–Kier alpha value is 0.230. The van der Waals surface area contributed by atoms with Crippen LogP contribution in [0.3, 0.4) is 0 Å². The Morgan fingerprint density at radius 3 is 2.48 bits per heavy atom. The molecule has 1 rings (SSSR count). The van der Waals surface area contributed by atoms with E-state index in [0.717, 1.165) is 32.2 Å². The highest BCUT2D eigenvalue weighted by molar-refractivity contribution is 7.98. The molecule has 0 aromatic rings. The molecule has 0 saturated carbocycles. The average Bonchev–Trinajstić information content (AvgIpc) is 2.45. The Morgan fingerprint density at radius 2 is 1.90 bits per heavy atom. The van der Waals surface area contributed by atoms with Crippen molar-refractivity contribution in [2.75, 3.05) is 51.9 Å². The van der Waals surface area contributed by atoms with Crippen molar-refractivity contribution in [1.29, 1.82) is 0 Å². The van der Waals surface area contributed by atoms with Crippen LogP contribution in [0.2, 0.25) is 0 Å². The number of hydrogen-bond donors (Lipinski definition) is 1. The van der Waals surface area contributed by atoms with Crippen molar-refractivity contribution in [3.05, 3.63) is 0 Å². The van der Waals surface area contributed by atoms with E-state index in [0.29, 0.717) is 11.5 Å². The molecule has 1 atom stereocenters. The second-order valence-corrected chi connectivity index (χ2v) is 8.17. The molecule has 0 bridgehead atoms. The molecule has 1 aliphatic rings. The molecule has 0 radical (unpaired) electrons. The van der Waals surface area contributed by atoms with Crippen LogP contribution in [-0.4, -0.2) is 62.8 Å². The van der Waals surface area contributed by atoms with E-state index in [2.05, 4.69) is 44.3 Å². The summed E-state index contributed by atoms with van der Waals surface area (Å²) in [6, 6.07) is 0.669. The number of ether oxygens (including phenoxy) is 1. The smallest absolute Gasteiger partial charge is 0.0472 e. The van der Waals surface area contributed by atoms with Gasteiger partial charge in [-0.05, 0) is 63.1 Å². The van der Waals surface area contributed by atoms with Gasteiger partial charge in [0.25, 0.3) is 0 Å². The first-order chi connectivity index (χ1) is 9.99. The van der Waals surface area contributed by atoms with Gasteiger partial charge in [0, 0.05) is 32.3 Å². The van der Waals surface area contributed by atoms with Gasteiger partial charge < -0.3 is 15.0 Å². The van der Waals surface area contributed by atoms with E-state index in [4.69, 9.17) is 4.74 Å². The Morgan fingerprint density at radius 1 is 1.24 bits per heavy atom. The monoisotopic (exact) mass is 316 g/mol. The third-order valence-corrected chi connectivity index (χ3v) is 5.33. The number of rotatable bonds is 10. The van der Waals surface area contributed by atoms with E-state index in [1.807, 2.05) is 11.8 Å². The first-order valence-electron chi connectivity index (χ1n) is 8.47. The number of hydrogen-bond acceptors (Lipinski definition) is 4. The first kappa shape index (κ1) is 19.3. The van der Waals surface area contributed by atoms with Crippen LogP contribution in [0.15, 0.2) is 0 Å². The zero-order valence-electron chi connectivity index (χ0n) is 14.8. The molecule has 1 fully saturated rings. The van der Waals surface area contributed by atoms with Gasteiger partial charge in [0.15, 0.2) is 0 Å². The van der Waals surface area contributed by atoms with Crippen LogP contribution in [0.1, 0.15) is 40.0 Å². The van der Waals surface area contributed by atoms with Gasteiger partial charge >= 0.3 is 0 Å². The molecular formula is C17H36N2OS. The topological polar surface area (TPSA) is 24.5 Å². The summed E-state index contributed by atoms with van der Waals surface area (Å²) < 4.78 is 5.61. The van der Waals surface area contributed by atoms with Crippen LogP contribution in [0.25, 0.3) is 0 Å². The van der Waals surface area contributed by atoms with Gasteiger partial charge in [-0.1, -0.05) is 13.8 Å². The lowest BCUT2D eigenvalue weighted by Crippen LogP contribution is -2.48. The molecular weight excluding hydrogens is 280 g/mol. The van der Waals surface area contributed by atoms with Crippen molar-refractivity contribution in [2.45, 2.75) is 46.1 Å². The van der Waals surface area contributed by atoms with Crippen LogP contribution < -0.4 is 5.32 Å². The second-order valence-electron chi connectivity index (χ2n) is 7.18. The van der Waals surface area contributed by atoms with E-state index >= 15 is 0 Å². The lowest BCUT2D eigenvalue weighted by molar-refractivity contribution is -0.00597. The summed E-state index contributed by atoms with van der Waals surface area (Å²) in [7, 11) is 2.30. The number of thioether (sulfide) groups is 1. The summed E-state index contributed by atoms with van der Waals surface area (Å²) in [6.45, 7) is 12.2. The highest BCUT2D eigenvalue weighted by Gasteiger charge is 2.34. The summed E-state index contributed by atoms with van der Waals surface area (Å²) in [5, 5.41) is 3.70. The van der Waals surface area contributed by atoms with E-state index in [9.17, 15) is 0 Å². The predicted octanol–water partition coefficient (Wildman–Crippen LogP) is 3.10. The largest absolute Gasteiger partial charge is 0.381 e. The average molecular weight is 317 g/mol. The standard InChI is InChI=1S/C17H36N2OS/c1-15(2)12-18-13-17(7-9-20-10-8-17)14-19(4)16(3)6-11-21-5/h15-16,18H,6-14H2,1-5H3. The Kier molecular flexibility index (Phi) is 9.26. The molecule has 0 amide bonds. The fraction of sp³-hybridized carbons (Fsp3) is 1.00. The molecule has 0 aromatic heterocycles. The van der Waals surface area contributed by atoms with Crippen LogP contribution in [0.5, 0.6) is 0 Å².